The summed E-state index contributed by atoms with van der Waals surface area (Å²) in [5.41, 5.74) is 2.45. The summed E-state index contributed by atoms with van der Waals surface area (Å²) in [6.45, 7) is 0.135. The van der Waals surface area contributed by atoms with Crippen LogP contribution in [-0.4, -0.2) is 34.4 Å². The lowest BCUT2D eigenvalue weighted by Crippen LogP contribution is -2.55. The fraction of sp³-hybridized carbons (Fsp3) is 0.259. The van der Waals surface area contributed by atoms with Crippen molar-refractivity contribution in [1.82, 2.24) is 5.32 Å². The molecule has 1 aliphatic rings. The average molecular weight is 495 g/mol. The van der Waals surface area contributed by atoms with E-state index in [0.29, 0.717) is 29.0 Å². The van der Waals surface area contributed by atoms with Gasteiger partial charge in [0.15, 0.2) is 0 Å². The molecule has 0 spiro atoms. The maximum absolute atomic E-state index is 13.3. The Balaban J connectivity index is 1.57. The minimum Gasteiger partial charge on any atom is -0.507 e. The monoisotopic (exact) mass is 494 g/mol. The van der Waals surface area contributed by atoms with E-state index in [9.17, 15) is 24.2 Å². The molecule has 4 N–H and O–H groups in total. The van der Waals surface area contributed by atoms with Crippen molar-refractivity contribution in [3.8, 4) is 11.5 Å². The molecule has 36 heavy (non-hydrogen) atoms. The Morgan fingerprint density at radius 3 is 2.42 bits per heavy atom. The van der Waals surface area contributed by atoms with Crippen LogP contribution in [0.2, 0.25) is 0 Å². The van der Waals surface area contributed by atoms with Crippen molar-refractivity contribution in [3.63, 3.8) is 0 Å². The number of aromatic hydroxyl groups is 1. The first-order valence-corrected chi connectivity index (χ1v) is 11.5. The normalized spacial score (nSPS) is 17.9. The fourth-order valence-corrected chi connectivity index (χ4v) is 4.52. The first-order chi connectivity index (χ1) is 17.3. The summed E-state index contributed by atoms with van der Waals surface area (Å²) in [4.78, 5) is 25.6. The Hall–Kier alpha value is -4.11. The molecule has 3 aromatic carbocycles. The highest BCUT2D eigenvalue weighted by Gasteiger charge is 2.49. The quantitative estimate of drug-likeness (QED) is 0.325. The van der Waals surface area contributed by atoms with Crippen LogP contribution in [0.3, 0.4) is 0 Å². The van der Waals surface area contributed by atoms with Crippen molar-refractivity contribution in [1.29, 1.82) is 0 Å². The zero-order valence-corrected chi connectivity index (χ0v) is 19.6. The number of halogens is 1. The zero-order valence-electron chi connectivity index (χ0n) is 19.6. The van der Waals surface area contributed by atoms with E-state index < -0.39 is 30.0 Å². The number of phenols is 1. The van der Waals surface area contributed by atoms with Gasteiger partial charge in [-0.15, -0.1) is 0 Å². The molecule has 2 amide bonds. The smallest absolute Gasteiger partial charge is 0.404 e. The topological polar surface area (TPSA) is 119 Å². The number of carbonyl (C=O) groups is 2. The second-order valence-electron chi connectivity index (χ2n) is 8.65. The van der Waals surface area contributed by atoms with Gasteiger partial charge < -0.3 is 30.3 Å². The molecule has 1 saturated heterocycles. The molecule has 0 saturated carbocycles. The van der Waals surface area contributed by atoms with Crippen LogP contribution in [-0.2, 0) is 11.3 Å². The summed E-state index contributed by atoms with van der Waals surface area (Å²) in [5.74, 6) is -0.573. The van der Waals surface area contributed by atoms with Gasteiger partial charge in [-0.05, 0) is 60.4 Å². The Labute approximate surface area is 207 Å². The number of benzene rings is 3. The molecule has 0 aliphatic carbocycles. The number of carbonyl (C=O) groups excluding carboxylic acids is 1. The average Bonchev–Trinajstić information content (AvgIpc) is 2.87. The maximum Gasteiger partial charge on any atom is 0.404 e. The van der Waals surface area contributed by atoms with Crippen molar-refractivity contribution < 1.29 is 34.0 Å². The number of carboxylic acid groups (broad SMARTS) is 1. The molecule has 1 fully saturated rings. The van der Waals surface area contributed by atoms with Crippen LogP contribution in [0.5, 0.6) is 11.5 Å². The molecule has 0 bridgehead atoms. The van der Waals surface area contributed by atoms with E-state index in [1.54, 1.807) is 41.3 Å². The first kappa shape index (κ1) is 25.0. The summed E-state index contributed by atoms with van der Waals surface area (Å²) in [7, 11) is 1.49. The van der Waals surface area contributed by atoms with Crippen LogP contribution >= 0.6 is 0 Å². The summed E-state index contributed by atoms with van der Waals surface area (Å²) < 4.78 is 18.4. The second kappa shape index (κ2) is 10.7. The number of aliphatic hydroxyl groups excluding tert-OH is 1. The Bertz CT molecular complexity index is 1230. The van der Waals surface area contributed by atoms with Gasteiger partial charge in [0, 0.05) is 23.9 Å². The van der Waals surface area contributed by atoms with Crippen molar-refractivity contribution in [2.75, 3.05) is 12.0 Å². The molecule has 1 aliphatic heterocycles. The van der Waals surface area contributed by atoms with Crippen molar-refractivity contribution in [2.24, 2.45) is 5.92 Å². The molecular weight excluding hydrogens is 467 g/mol. The molecule has 4 rings (SSSR count). The number of aliphatic hydroxyl groups is 1. The lowest BCUT2D eigenvalue weighted by atomic mass is 9.78. The molecule has 3 aromatic rings. The summed E-state index contributed by atoms with van der Waals surface area (Å²) in [5, 5.41) is 32.4. The number of phenolic OH excluding ortho intramolecular Hbond substituents is 1. The number of nitrogens with zero attached hydrogens (tertiary/aromatic N) is 1. The highest BCUT2D eigenvalue weighted by Crippen LogP contribution is 2.49. The summed E-state index contributed by atoms with van der Waals surface area (Å²) in [6, 6.07) is 16.9. The lowest BCUT2D eigenvalue weighted by molar-refractivity contribution is -0.131. The van der Waals surface area contributed by atoms with Gasteiger partial charge in [-0.3, -0.25) is 4.79 Å². The Morgan fingerprint density at radius 1 is 1.11 bits per heavy atom. The van der Waals surface area contributed by atoms with E-state index in [1.807, 2.05) is 0 Å². The van der Waals surface area contributed by atoms with Gasteiger partial charge in [-0.25, -0.2) is 9.18 Å². The molecule has 3 atom stereocenters. The molecule has 9 heteroatoms. The van der Waals surface area contributed by atoms with Gasteiger partial charge in [0.05, 0.1) is 25.2 Å². The zero-order chi connectivity index (χ0) is 25.8. The molecule has 0 radical (unpaired) electrons. The molecule has 3 unspecified atom stereocenters. The number of nitrogens with one attached hydrogen (secondary N) is 1. The van der Waals surface area contributed by atoms with Crippen molar-refractivity contribution >= 4 is 17.7 Å². The van der Waals surface area contributed by atoms with E-state index >= 15 is 0 Å². The van der Waals surface area contributed by atoms with Crippen LogP contribution < -0.4 is 15.0 Å². The number of ether oxygens (including phenoxy) is 1. The summed E-state index contributed by atoms with van der Waals surface area (Å²) in [6.07, 6.45) is -1.36. The largest absolute Gasteiger partial charge is 0.507 e. The van der Waals surface area contributed by atoms with Gasteiger partial charge in [0.25, 0.3) is 0 Å². The lowest BCUT2D eigenvalue weighted by Gasteiger charge is -2.48. The number of β-lactam (4-membered cyclic amide) rings is 1. The van der Waals surface area contributed by atoms with Crippen LogP contribution in [0.15, 0.2) is 66.7 Å². The van der Waals surface area contributed by atoms with E-state index in [-0.39, 0.29) is 24.6 Å². The number of hydrogen-bond donors (Lipinski definition) is 4. The number of methoxy groups -OCH3 is 1. The maximum atomic E-state index is 13.3. The molecule has 8 nitrogen and oxygen atoms in total. The van der Waals surface area contributed by atoms with Crippen LogP contribution in [0.4, 0.5) is 14.9 Å². The fourth-order valence-electron chi connectivity index (χ4n) is 4.52. The third kappa shape index (κ3) is 5.26. The third-order valence-corrected chi connectivity index (χ3v) is 6.43. The number of amides is 2. The Morgan fingerprint density at radius 2 is 1.81 bits per heavy atom. The Kier molecular flexibility index (Phi) is 7.40. The second-order valence-corrected chi connectivity index (χ2v) is 8.65. The number of hydrogen-bond acceptors (Lipinski definition) is 5. The van der Waals surface area contributed by atoms with Gasteiger partial charge >= 0.3 is 6.09 Å². The predicted octanol–water partition coefficient (Wildman–Crippen LogP) is 4.53. The van der Waals surface area contributed by atoms with Gasteiger partial charge in [-0.1, -0.05) is 24.3 Å². The molecule has 0 aromatic heterocycles. The highest BCUT2D eigenvalue weighted by molar-refractivity contribution is 6.03. The van der Waals surface area contributed by atoms with Crippen LogP contribution in [0.1, 0.15) is 41.7 Å². The van der Waals surface area contributed by atoms with Crippen molar-refractivity contribution in [3.05, 3.63) is 89.2 Å². The minimum absolute atomic E-state index is 0.0109. The van der Waals surface area contributed by atoms with E-state index in [1.165, 1.54) is 37.4 Å². The van der Waals surface area contributed by atoms with Crippen LogP contribution in [0, 0.1) is 11.7 Å². The van der Waals surface area contributed by atoms with E-state index in [4.69, 9.17) is 9.84 Å². The molecular formula is C27H27FN2O6. The minimum atomic E-state index is -1.13. The first-order valence-electron chi connectivity index (χ1n) is 11.5. The highest BCUT2D eigenvalue weighted by atomic mass is 19.1. The predicted molar refractivity (Wildman–Crippen MR) is 130 cm³/mol. The van der Waals surface area contributed by atoms with Crippen molar-refractivity contribution in [2.45, 2.75) is 31.5 Å². The standard InChI is InChI=1S/C27H27FN2O6/c1-36-20-10-11-21(24(32)14-20)25-22(12-13-23(31)17-4-6-18(28)7-5-17)26(33)30(25)19-8-2-16(3-9-19)15-29-27(34)35/h2-11,14,22-23,25,29,31-32H,12-13,15H2,1H3,(H,34,35). The molecule has 188 valence electrons. The summed E-state index contributed by atoms with van der Waals surface area (Å²) >= 11 is 0. The van der Waals surface area contributed by atoms with Gasteiger partial charge in [-0.2, -0.15) is 0 Å². The van der Waals surface area contributed by atoms with Gasteiger partial charge in [0.2, 0.25) is 5.91 Å². The number of rotatable bonds is 9. The van der Waals surface area contributed by atoms with Gasteiger partial charge in [0.1, 0.15) is 17.3 Å². The SMILES string of the molecule is COc1ccc(C2C(CCC(O)c3ccc(F)cc3)C(=O)N2c2ccc(CNC(=O)O)cc2)c(O)c1. The van der Waals surface area contributed by atoms with E-state index in [2.05, 4.69) is 5.32 Å². The van der Waals surface area contributed by atoms with Crippen LogP contribution in [0.25, 0.3) is 0 Å². The van der Waals surface area contributed by atoms with E-state index in [0.717, 1.165) is 5.56 Å². The molecule has 1 heterocycles. The third-order valence-electron chi connectivity index (χ3n) is 6.43. The number of anilines is 1.